The van der Waals surface area contributed by atoms with E-state index >= 15 is 0 Å². The Morgan fingerprint density at radius 3 is 2.25 bits per heavy atom. The van der Waals surface area contributed by atoms with E-state index in [0.717, 1.165) is 25.7 Å². The molecule has 2 unspecified atom stereocenters. The first-order chi connectivity index (χ1) is 7.58. The molecule has 0 nitrogen and oxygen atoms in total. The maximum absolute atomic E-state index is 6.62. The van der Waals surface area contributed by atoms with Gasteiger partial charge in [0, 0.05) is 16.1 Å². The molecule has 0 heterocycles. The van der Waals surface area contributed by atoms with Crippen LogP contribution in [0.15, 0.2) is 0 Å². The molecule has 0 saturated carbocycles. The van der Waals surface area contributed by atoms with Crippen LogP contribution in [0.1, 0.15) is 65.2 Å². The third kappa shape index (κ3) is 8.03. The molecule has 0 aliphatic carbocycles. The molecule has 0 radical (unpaired) electrons. The van der Waals surface area contributed by atoms with Crippen LogP contribution in [0.25, 0.3) is 0 Å². The lowest BCUT2D eigenvalue weighted by atomic mass is 9.91. The van der Waals surface area contributed by atoms with Crippen LogP contribution in [0.2, 0.25) is 0 Å². The van der Waals surface area contributed by atoms with Gasteiger partial charge in [-0.1, -0.05) is 39.5 Å². The van der Waals surface area contributed by atoms with E-state index in [-0.39, 0.29) is 10.3 Å². The summed E-state index contributed by atoms with van der Waals surface area (Å²) in [4.78, 5) is -0.169. The Kier molecular flexibility index (Phi) is 10.4. The van der Waals surface area contributed by atoms with Crippen molar-refractivity contribution in [1.29, 1.82) is 0 Å². The molecule has 0 spiro atoms. The maximum atomic E-state index is 6.62. The summed E-state index contributed by atoms with van der Waals surface area (Å²) < 4.78 is 0. The fraction of sp³-hybridized carbons (Fsp3) is 1.00. The van der Waals surface area contributed by atoms with Gasteiger partial charge in [-0.3, -0.25) is 0 Å². The zero-order chi connectivity index (χ0) is 12.4. The van der Waals surface area contributed by atoms with E-state index in [4.69, 9.17) is 34.8 Å². The van der Waals surface area contributed by atoms with Gasteiger partial charge in [0.15, 0.2) is 0 Å². The molecule has 0 N–H and O–H groups in total. The predicted octanol–water partition coefficient (Wildman–Crippen LogP) is 5.97. The largest absolute Gasteiger partial charge is 0.127 e. The number of halogens is 3. The topological polar surface area (TPSA) is 0 Å². The van der Waals surface area contributed by atoms with Crippen LogP contribution >= 0.6 is 34.8 Å². The molecule has 0 aromatic carbocycles. The molecule has 3 heteroatoms. The average molecular weight is 288 g/mol. The highest BCUT2D eigenvalue weighted by atomic mass is 35.5. The van der Waals surface area contributed by atoms with Crippen LogP contribution in [-0.2, 0) is 0 Å². The molecule has 0 aromatic heterocycles. The molecule has 0 aromatic rings. The molecule has 0 saturated heterocycles. The quantitative estimate of drug-likeness (QED) is 0.343. The van der Waals surface area contributed by atoms with Crippen molar-refractivity contribution in [2.45, 2.75) is 75.5 Å². The summed E-state index contributed by atoms with van der Waals surface area (Å²) in [5, 5.41) is 0.187. The van der Waals surface area contributed by atoms with Crippen molar-refractivity contribution in [3.05, 3.63) is 0 Å². The van der Waals surface area contributed by atoms with Crippen molar-refractivity contribution in [3.63, 3.8) is 0 Å². The molecule has 0 bridgehead atoms. The molecule has 16 heavy (non-hydrogen) atoms. The first-order valence-electron chi connectivity index (χ1n) is 6.47. The zero-order valence-electron chi connectivity index (χ0n) is 10.6. The Balaban J connectivity index is 4.00. The van der Waals surface area contributed by atoms with Crippen molar-refractivity contribution in [2.75, 3.05) is 5.88 Å². The van der Waals surface area contributed by atoms with Crippen LogP contribution in [0.3, 0.4) is 0 Å². The Hall–Kier alpha value is 0.870. The summed E-state index contributed by atoms with van der Waals surface area (Å²) in [6, 6.07) is 0. The Morgan fingerprint density at radius 2 is 1.75 bits per heavy atom. The van der Waals surface area contributed by atoms with Crippen molar-refractivity contribution in [2.24, 2.45) is 0 Å². The van der Waals surface area contributed by atoms with Crippen LogP contribution in [0, 0.1) is 0 Å². The summed E-state index contributed by atoms with van der Waals surface area (Å²) in [7, 11) is 0. The van der Waals surface area contributed by atoms with Crippen molar-refractivity contribution in [1.82, 2.24) is 0 Å². The van der Waals surface area contributed by atoms with Crippen LogP contribution in [0.5, 0.6) is 0 Å². The SMILES string of the molecule is CCCCCCC(Cl)(CCCl)CC(Cl)CC. The average Bonchev–Trinajstić information content (AvgIpc) is 2.24. The molecule has 2 atom stereocenters. The van der Waals surface area contributed by atoms with E-state index in [2.05, 4.69) is 13.8 Å². The normalized spacial score (nSPS) is 17.1. The summed E-state index contributed by atoms with van der Waals surface area (Å²) >= 11 is 18.6. The minimum Gasteiger partial charge on any atom is -0.127 e. The fourth-order valence-electron chi connectivity index (χ4n) is 1.91. The van der Waals surface area contributed by atoms with E-state index in [0.29, 0.717) is 5.88 Å². The van der Waals surface area contributed by atoms with E-state index in [1.54, 1.807) is 0 Å². The van der Waals surface area contributed by atoms with Crippen LogP contribution < -0.4 is 0 Å². The zero-order valence-corrected chi connectivity index (χ0v) is 12.8. The smallest absolute Gasteiger partial charge is 0.0472 e. The standard InChI is InChI=1S/C13H25Cl3/c1-3-5-6-7-8-13(16,9-10-14)11-12(15)4-2/h12H,3-11H2,1-2H3. The maximum Gasteiger partial charge on any atom is 0.0472 e. The second kappa shape index (κ2) is 9.85. The number of unbranched alkanes of at least 4 members (excludes halogenated alkanes) is 3. The van der Waals surface area contributed by atoms with E-state index < -0.39 is 0 Å². The number of rotatable bonds is 10. The van der Waals surface area contributed by atoms with E-state index in [1.807, 2.05) is 0 Å². The van der Waals surface area contributed by atoms with E-state index in [9.17, 15) is 0 Å². The Morgan fingerprint density at radius 1 is 1.06 bits per heavy atom. The summed E-state index contributed by atoms with van der Waals surface area (Å²) in [6.45, 7) is 4.32. The van der Waals surface area contributed by atoms with Gasteiger partial charge in [0.2, 0.25) is 0 Å². The summed E-state index contributed by atoms with van der Waals surface area (Å²) in [5.41, 5.74) is 0. The lowest BCUT2D eigenvalue weighted by molar-refractivity contribution is 0.439. The van der Waals surface area contributed by atoms with Gasteiger partial charge in [0.05, 0.1) is 0 Å². The first kappa shape index (κ1) is 16.9. The fourth-order valence-corrected chi connectivity index (χ4v) is 3.16. The lowest BCUT2D eigenvalue weighted by Crippen LogP contribution is -2.26. The van der Waals surface area contributed by atoms with Gasteiger partial charge >= 0.3 is 0 Å². The minimum atomic E-state index is -0.169. The molecule has 0 amide bonds. The number of hydrogen-bond donors (Lipinski definition) is 0. The molecule has 0 aliphatic heterocycles. The second-order valence-electron chi connectivity index (χ2n) is 4.61. The summed E-state index contributed by atoms with van der Waals surface area (Å²) in [6.07, 6.45) is 8.80. The van der Waals surface area contributed by atoms with Crippen LogP contribution in [-0.4, -0.2) is 16.1 Å². The number of alkyl halides is 3. The Bertz CT molecular complexity index is 161. The monoisotopic (exact) mass is 286 g/mol. The molecular weight excluding hydrogens is 263 g/mol. The van der Waals surface area contributed by atoms with Gasteiger partial charge in [0.1, 0.15) is 0 Å². The third-order valence-electron chi connectivity index (χ3n) is 3.05. The van der Waals surface area contributed by atoms with Gasteiger partial charge < -0.3 is 0 Å². The van der Waals surface area contributed by atoms with Gasteiger partial charge in [0.25, 0.3) is 0 Å². The van der Waals surface area contributed by atoms with Gasteiger partial charge in [-0.2, -0.15) is 0 Å². The highest BCUT2D eigenvalue weighted by Crippen LogP contribution is 2.34. The van der Waals surface area contributed by atoms with Crippen molar-refractivity contribution < 1.29 is 0 Å². The highest BCUT2D eigenvalue weighted by molar-refractivity contribution is 6.26. The van der Waals surface area contributed by atoms with Gasteiger partial charge in [-0.25, -0.2) is 0 Å². The molecule has 0 fully saturated rings. The Labute approximate surface area is 116 Å². The van der Waals surface area contributed by atoms with Crippen molar-refractivity contribution >= 4 is 34.8 Å². The van der Waals surface area contributed by atoms with E-state index in [1.165, 1.54) is 25.7 Å². The molecule has 0 rings (SSSR count). The van der Waals surface area contributed by atoms with Gasteiger partial charge in [-0.15, -0.1) is 34.8 Å². The lowest BCUT2D eigenvalue weighted by Gasteiger charge is -2.28. The first-order valence-corrected chi connectivity index (χ1v) is 7.81. The number of hydrogen-bond acceptors (Lipinski definition) is 0. The molecular formula is C13H25Cl3. The van der Waals surface area contributed by atoms with Gasteiger partial charge in [-0.05, 0) is 25.7 Å². The summed E-state index contributed by atoms with van der Waals surface area (Å²) in [5.74, 6) is 0.630. The highest BCUT2D eigenvalue weighted by Gasteiger charge is 2.28. The van der Waals surface area contributed by atoms with Crippen LogP contribution in [0.4, 0.5) is 0 Å². The third-order valence-corrected chi connectivity index (χ3v) is 4.24. The molecule has 98 valence electrons. The second-order valence-corrected chi connectivity index (χ2v) is 6.41. The minimum absolute atomic E-state index is 0.169. The van der Waals surface area contributed by atoms with Crippen molar-refractivity contribution in [3.8, 4) is 0 Å². The predicted molar refractivity (Wildman–Crippen MR) is 77.2 cm³/mol. The molecule has 0 aliphatic rings.